The van der Waals surface area contributed by atoms with E-state index in [-0.39, 0.29) is 12.1 Å². The number of anilines is 2. The molecule has 4 rings (SSSR count). The molecule has 156 valence electrons. The molecular weight excluding hydrogens is 412 g/mol. The second kappa shape index (κ2) is 9.14. The molecule has 6 heteroatoms. The first-order valence-electron chi connectivity index (χ1n) is 10.4. The van der Waals surface area contributed by atoms with Crippen LogP contribution in [0.2, 0.25) is 0 Å². The van der Waals surface area contributed by atoms with Crippen molar-refractivity contribution in [3.8, 4) is 0 Å². The molecule has 0 amide bonds. The number of hydrogen-bond donors (Lipinski definition) is 2. The summed E-state index contributed by atoms with van der Waals surface area (Å²) in [6, 6.07) is 14.3. The van der Waals surface area contributed by atoms with Crippen molar-refractivity contribution in [3.05, 3.63) is 58.5 Å². The Labute approximate surface area is 186 Å². The molecule has 0 atom stereocenters. The maximum Gasteiger partial charge on any atom is 0.341 e. The van der Waals surface area contributed by atoms with E-state index in [1.165, 1.54) is 11.3 Å². The summed E-state index contributed by atoms with van der Waals surface area (Å²) in [5, 5.41) is 10.1. The number of aryl methyl sites for hydroxylation is 1. The summed E-state index contributed by atoms with van der Waals surface area (Å²) in [5.41, 5.74) is 2.74. The fourth-order valence-electron chi connectivity index (χ4n) is 3.91. The third kappa shape index (κ3) is 4.50. The molecule has 0 saturated carbocycles. The number of nitrogens with one attached hydrogen (secondary N) is 2. The van der Waals surface area contributed by atoms with Crippen molar-refractivity contribution in [1.29, 1.82) is 0 Å². The highest BCUT2D eigenvalue weighted by molar-refractivity contribution is 7.80. The van der Waals surface area contributed by atoms with Gasteiger partial charge in [0.25, 0.3) is 0 Å². The largest absolute Gasteiger partial charge is 0.459 e. The van der Waals surface area contributed by atoms with Gasteiger partial charge >= 0.3 is 5.97 Å². The lowest BCUT2D eigenvalue weighted by Gasteiger charge is -2.14. The van der Waals surface area contributed by atoms with Gasteiger partial charge in [0.1, 0.15) is 5.00 Å². The van der Waals surface area contributed by atoms with E-state index in [9.17, 15) is 4.79 Å². The minimum atomic E-state index is -0.264. The Balaban J connectivity index is 1.61. The van der Waals surface area contributed by atoms with Crippen LogP contribution in [0.15, 0.2) is 42.5 Å². The lowest BCUT2D eigenvalue weighted by molar-refractivity contribution is 0.0378. The highest BCUT2D eigenvalue weighted by Gasteiger charge is 2.26. The summed E-state index contributed by atoms with van der Waals surface area (Å²) in [4.78, 5) is 14.2. The molecule has 30 heavy (non-hydrogen) atoms. The van der Waals surface area contributed by atoms with Crippen LogP contribution in [-0.4, -0.2) is 17.2 Å². The van der Waals surface area contributed by atoms with E-state index in [4.69, 9.17) is 17.0 Å². The minimum Gasteiger partial charge on any atom is -0.459 e. The monoisotopic (exact) mass is 438 g/mol. The summed E-state index contributed by atoms with van der Waals surface area (Å²) in [5.74, 6) is -0.264. The van der Waals surface area contributed by atoms with Crippen LogP contribution < -0.4 is 10.6 Å². The molecule has 2 N–H and O–H groups in total. The first-order valence-corrected chi connectivity index (χ1v) is 11.7. The molecule has 0 spiro atoms. The van der Waals surface area contributed by atoms with E-state index in [1.807, 2.05) is 38.1 Å². The number of fused-ring (bicyclic) bond motifs is 2. The normalized spacial score (nSPS) is 13.6. The molecule has 1 aromatic heterocycles. The summed E-state index contributed by atoms with van der Waals surface area (Å²) in [6.45, 7) is 3.76. The van der Waals surface area contributed by atoms with Crippen LogP contribution in [0.1, 0.15) is 53.9 Å². The van der Waals surface area contributed by atoms with Crippen LogP contribution in [-0.2, 0) is 17.6 Å². The highest BCUT2D eigenvalue weighted by atomic mass is 32.1. The Hall–Kier alpha value is -2.44. The Morgan fingerprint density at radius 3 is 2.63 bits per heavy atom. The Morgan fingerprint density at radius 2 is 1.80 bits per heavy atom. The fourth-order valence-corrected chi connectivity index (χ4v) is 5.47. The van der Waals surface area contributed by atoms with Crippen molar-refractivity contribution >= 4 is 56.1 Å². The number of ether oxygens (including phenoxy) is 1. The van der Waals surface area contributed by atoms with E-state index < -0.39 is 0 Å². The van der Waals surface area contributed by atoms with Gasteiger partial charge in [-0.25, -0.2) is 4.79 Å². The van der Waals surface area contributed by atoms with Crippen molar-refractivity contribution in [2.24, 2.45) is 0 Å². The molecule has 0 aliphatic heterocycles. The number of benzene rings is 2. The van der Waals surface area contributed by atoms with E-state index in [1.54, 1.807) is 11.3 Å². The first-order chi connectivity index (χ1) is 14.5. The van der Waals surface area contributed by atoms with Gasteiger partial charge in [0, 0.05) is 16.0 Å². The van der Waals surface area contributed by atoms with Crippen LogP contribution in [0.25, 0.3) is 10.8 Å². The Morgan fingerprint density at radius 1 is 1.03 bits per heavy atom. The number of thiocarbonyl (C=S) groups is 1. The van der Waals surface area contributed by atoms with Crippen LogP contribution in [0.3, 0.4) is 0 Å². The number of carbonyl (C=O) groups is 1. The Kier molecular flexibility index (Phi) is 6.35. The summed E-state index contributed by atoms with van der Waals surface area (Å²) in [7, 11) is 0. The van der Waals surface area contributed by atoms with Crippen LogP contribution >= 0.6 is 23.6 Å². The average molecular weight is 439 g/mol. The molecule has 1 aliphatic carbocycles. The fraction of sp³-hybridized carbons (Fsp3) is 0.333. The predicted octanol–water partition coefficient (Wildman–Crippen LogP) is 6.54. The van der Waals surface area contributed by atoms with Gasteiger partial charge < -0.3 is 15.4 Å². The third-order valence-electron chi connectivity index (χ3n) is 5.23. The molecule has 1 heterocycles. The molecular formula is C24H26N2O2S2. The smallest absolute Gasteiger partial charge is 0.341 e. The average Bonchev–Trinajstić information content (AvgIpc) is 2.88. The Bertz CT molecular complexity index is 1080. The minimum absolute atomic E-state index is 0.160. The molecule has 4 nitrogen and oxygen atoms in total. The zero-order chi connectivity index (χ0) is 21.1. The maximum atomic E-state index is 12.9. The van der Waals surface area contributed by atoms with Crippen LogP contribution in [0.4, 0.5) is 10.7 Å². The third-order valence-corrected chi connectivity index (χ3v) is 6.64. The van der Waals surface area contributed by atoms with E-state index in [0.717, 1.165) is 52.7 Å². The molecule has 1 aliphatic rings. The first kappa shape index (κ1) is 20.8. The molecule has 3 aromatic rings. The topological polar surface area (TPSA) is 50.4 Å². The number of hydrogen-bond acceptors (Lipinski definition) is 4. The quantitative estimate of drug-likeness (QED) is 0.275. The van der Waals surface area contributed by atoms with Gasteiger partial charge in [-0.3, -0.25) is 0 Å². The maximum absolute atomic E-state index is 12.9. The van der Waals surface area contributed by atoms with Crippen molar-refractivity contribution < 1.29 is 9.53 Å². The number of carbonyl (C=O) groups excluding carboxylic acids is 1. The molecule has 0 saturated heterocycles. The van der Waals surface area contributed by atoms with Crippen molar-refractivity contribution in [1.82, 2.24) is 0 Å². The van der Waals surface area contributed by atoms with E-state index in [0.29, 0.717) is 10.7 Å². The van der Waals surface area contributed by atoms with Gasteiger partial charge in [-0.05, 0) is 68.8 Å². The number of esters is 1. The van der Waals surface area contributed by atoms with Gasteiger partial charge in [-0.2, -0.15) is 0 Å². The van der Waals surface area contributed by atoms with E-state index in [2.05, 4.69) is 28.8 Å². The molecule has 0 fully saturated rings. The zero-order valence-corrected chi connectivity index (χ0v) is 18.9. The predicted molar refractivity (Wildman–Crippen MR) is 130 cm³/mol. The van der Waals surface area contributed by atoms with E-state index >= 15 is 0 Å². The van der Waals surface area contributed by atoms with Crippen LogP contribution in [0.5, 0.6) is 0 Å². The molecule has 2 aromatic carbocycles. The second-order valence-corrected chi connectivity index (χ2v) is 9.34. The van der Waals surface area contributed by atoms with Gasteiger partial charge in [0.2, 0.25) is 0 Å². The molecule has 0 unspecified atom stereocenters. The number of thiophene rings is 1. The second-order valence-electron chi connectivity index (χ2n) is 7.83. The van der Waals surface area contributed by atoms with Gasteiger partial charge in [0.05, 0.1) is 11.7 Å². The van der Waals surface area contributed by atoms with Gasteiger partial charge in [0.15, 0.2) is 5.11 Å². The SMILES string of the molecule is CC(C)OC(=O)c1c(NC(=S)Nc2cccc3ccccc23)sc2c1CCCCC2. The lowest BCUT2D eigenvalue weighted by Crippen LogP contribution is -2.21. The van der Waals surface area contributed by atoms with Crippen molar-refractivity contribution in [2.75, 3.05) is 10.6 Å². The van der Waals surface area contributed by atoms with Crippen LogP contribution in [0, 0.1) is 0 Å². The summed E-state index contributed by atoms with van der Waals surface area (Å²) < 4.78 is 5.56. The van der Waals surface area contributed by atoms with Gasteiger partial charge in [-0.15, -0.1) is 11.3 Å². The lowest BCUT2D eigenvalue weighted by atomic mass is 10.1. The van der Waals surface area contributed by atoms with Gasteiger partial charge in [-0.1, -0.05) is 42.8 Å². The zero-order valence-electron chi connectivity index (χ0n) is 17.3. The molecule has 0 radical (unpaired) electrons. The van der Waals surface area contributed by atoms with Crippen molar-refractivity contribution in [2.45, 2.75) is 52.1 Å². The molecule has 0 bridgehead atoms. The number of rotatable bonds is 4. The summed E-state index contributed by atoms with van der Waals surface area (Å²) in [6.07, 6.45) is 5.22. The standard InChI is InChI=1S/C24H26N2O2S2/c1-15(2)28-23(27)21-18-12-4-3-5-14-20(18)30-22(21)26-24(29)25-19-13-8-10-16-9-6-7-11-17(16)19/h6-11,13,15H,3-5,12,14H2,1-2H3,(H2,25,26,29). The highest BCUT2D eigenvalue weighted by Crippen LogP contribution is 2.38. The van der Waals surface area contributed by atoms with Crippen molar-refractivity contribution in [3.63, 3.8) is 0 Å². The summed E-state index contributed by atoms with van der Waals surface area (Å²) >= 11 is 7.25.